The fourth-order valence-electron chi connectivity index (χ4n) is 5.30. The monoisotopic (exact) mass is 463 g/mol. The van der Waals surface area contributed by atoms with Crippen molar-refractivity contribution in [2.24, 2.45) is 0 Å². The largest absolute Gasteiger partial charge is 0.493 e. The summed E-state index contributed by atoms with van der Waals surface area (Å²) in [6.45, 7) is 2.58. The van der Waals surface area contributed by atoms with Crippen LogP contribution in [-0.4, -0.2) is 31.0 Å². The molecule has 0 spiro atoms. The first-order chi connectivity index (χ1) is 16.1. The van der Waals surface area contributed by atoms with E-state index in [1.165, 1.54) is 34.4 Å². The quantitative estimate of drug-likeness (QED) is 0.480. The smallest absolute Gasteiger partial charge is 0.183 e. The molecule has 0 N–H and O–H groups in total. The van der Waals surface area contributed by atoms with Gasteiger partial charge in [-0.3, -0.25) is 4.90 Å². The highest BCUT2D eigenvalue weighted by molar-refractivity contribution is 8.10. The molecule has 0 aromatic heterocycles. The highest BCUT2D eigenvalue weighted by Crippen LogP contribution is 2.47. The molecule has 3 heterocycles. The molecule has 0 amide bonds. The molecule has 0 bridgehead atoms. The van der Waals surface area contributed by atoms with Crippen LogP contribution in [0.4, 0.5) is 4.39 Å². The number of ether oxygens (including phenoxy) is 2. The molecule has 3 aromatic carbocycles. The summed E-state index contributed by atoms with van der Waals surface area (Å²) < 4.78 is 31.6. The van der Waals surface area contributed by atoms with Gasteiger partial charge in [-0.1, -0.05) is 18.2 Å². The lowest BCUT2D eigenvalue weighted by Gasteiger charge is -2.42. The fourth-order valence-corrected chi connectivity index (χ4v) is 6.25. The molecule has 33 heavy (non-hydrogen) atoms. The molecule has 6 heteroatoms. The summed E-state index contributed by atoms with van der Waals surface area (Å²) in [6, 6.07) is 15.5. The first-order valence-electron chi connectivity index (χ1n) is 11.3. The van der Waals surface area contributed by atoms with E-state index in [0.29, 0.717) is 11.8 Å². The second kappa shape index (κ2) is 8.19. The molecule has 4 nitrogen and oxygen atoms in total. The summed E-state index contributed by atoms with van der Waals surface area (Å²) in [7, 11) is 0.798. The third kappa shape index (κ3) is 3.62. The van der Waals surface area contributed by atoms with Gasteiger partial charge in [0.25, 0.3) is 0 Å². The first kappa shape index (κ1) is 20.8. The van der Waals surface area contributed by atoms with E-state index in [0.717, 1.165) is 60.9 Å². The Morgan fingerprint density at radius 1 is 1.09 bits per heavy atom. The molecule has 2 unspecified atom stereocenters. The van der Waals surface area contributed by atoms with Gasteiger partial charge in [-0.05, 0) is 71.3 Å². The maximum absolute atomic E-state index is 13.8. The summed E-state index contributed by atoms with van der Waals surface area (Å²) >= 11 is 0. The molecule has 0 aliphatic carbocycles. The summed E-state index contributed by atoms with van der Waals surface area (Å²) in [5.74, 6) is 6.34. The Balaban J connectivity index is 1.36. The number of hydrogen-bond acceptors (Lipinski definition) is 4. The normalized spacial score (nSPS) is 19.5. The minimum atomic E-state index is -0.856. The van der Waals surface area contributed by atoms with Gasteiger partial charge in [-0.15, -0.1) is 0 Å². The van der Waals surface area contributed by atoms with E-state index in [9.17, 15) is 4.39 Å². The van der Waals surface area contributed by atoms with Crippen molar-refractivity contribution in [3.05, 3.63) is 82.2 Å². The Morgan fingerprint density at radius 2 is 2.00 bits per heavy atom. The number of halogens is 1. The van der Waals surface area contributed by atoms with Crippen LogP contribution in [0.1, 0.15) is 33.9 Å². The van der Waals surface area contributed by atoms with Crippen LogP contribution in [0.5, 0.6) is 17.2 Å². The van der Waals surface area contributed by atoms with Crippen LogP contribution in [0.2, 0.25) is 0 Å². The predicted molar refractivity (Wildman–Crippen MR) is 129 cm³/mol. The van der Waals surface area contributed by atoms with Crippen molar-refractivity contribution in [3.8, 4) is 17.2 Å². The van der Waals surface area contributed by atoms with Crippen LogP contribution >= 0.6 is 10.8 Å². The number of benzene rings is 3. The Bertz CT molecular complexity index is 1270. The molecule has 3 aliphatic rings. The van der Waals surface area contributed by atoms with Crippen LogP contribution in [0.25, 0.3) is 0 Å². The number of nitrogens with zero attached hydrogens (tertiary/aromatic N) is 1. The fraction of sp³-hybridized carbons (Fsp3) is 0.296. The third-order valence-corrected chi connectivity index (χ3v) is 8.13. The SMILES string of the molecule is C=S(Oc1c(OC)ccc2c1CN1CCc3cc4c(cc3C1C2)OCC4)c1cccc(F)c1. The van der Waals surface area contributed by atoms with Gasteiger partial charge in [0.1, 0.15) is 11.6 Å². The molecule has 170 valence electrons. The Kier molecular flexibility index (Phi) is 5.15. The summed E-state index contributed by atoms with van der Waals surface area (Å²) in [5, 5.41) is 0. The van der Waals surface area contributed by atoms with E-state index < -0.39 is 10.8 Å². The standard InChI is InChI=1S/C27H26FNO3S/c1-30-25-7-6-17-13-24-22-15-26-19(9-11-31-26)12-18(22)8-10-29(24)16-23(17)27(25)32-33(2)21-5-3-4-20(28)14-21/h3-7,12,14-15,24H,2,8-11,13,16H2,1H3. The number of fused-ring (bicyclic) bond motifs is 5. The zero-order chi connectivity index (χ0) is 22.5. The van der Waals surface area contributed by atoms with Crippen molar-refractivity contribution in [2.45, 2.75) is 36.7 Å². The maximum atomic E-state index is 13.8. The van der Waals surface area contributed by atoms with Crippen LogP contribution in [0.15, 0.2) is 53.4 Å². The van der Waals surface area contributed by atoms with Crippen molar-refractivity contribution < 1.29 is 18.0 Å². The molecule has 3 aliphatic heterocycles. The lowest BCUT2D eigenvalue weighted by molar-refractivity contribution is 0.159. The van der Waals surface area contributed by atoms with Crippen molar-refractivity contribution in [1.29, 1.82) is 0 Å². The average molecular weight is 464 g/mol. The van der Waals surface area contributed by atoms with Gasteiger partial charge in [0, 0.05) is 46.8 Å². The Morgan fingerprint density at radius 3 is 2.85 bits per heavy atom. The number of hydrogen-bond donors (Lipinski definition) is 0. The van der Waals surface area contributed by atoms with E-state index in [-0.39, 0.29) is 5.82 Å². The minimum Gasteiger partial charge on any atom is -0.493 e. The van der Waals surface area contributed by atoms with Gasteiger partial charge in [-0.25, -0.2) is 4.39 Å². The van der Waals surface area contributed by atoms with Crippen molar-refractivity contribution >= 4 is 16.6 Å². The van der Waals surface area contributed by atoms with Gasteiger partial charge >= 0.3 is 0 Å². The summed E-state index contributed by atoms with van der Waals surface area (Å²) in [5.41, 5.74) is 6.60. The van der Waals surface area contributed by atoms with Crippen LogP contribution in [0, 0.1) is 5.82 Å². The maximum Gasteiger partial charge on any atom is 0.183 e. The van der Waals surface area contributed by atoms with Crippen molar-refractivity contribution in [1.82, 2.24) is 4.90 Å². The summed E-state index contributed by atoms with van der Waals surface area (Å²) in [4.78, 5) is 3.26. The predicted octanol–water partition coefficient (Wildman–Crippen LogP) is 5.48. The molecule has 0 saturated carbocycles. The lowest BCUT2D eigenvalue weighted by Crippen LogP contribution is -2.39. The highest BCUT2D eigenvalue weighted by Gasteiger charge is 2.35. The van der Waals surface area contributed by atoms with Gasteiger partial charge in [0.15, 0.2) is 11.5 Å². The second-order valence-electron chi connectivity index (χ2n) is 8.82. The molecule has 0 radical (unpaired) electrons. The molecule has 2 atom stereocenters. The van der Waals surface area contributed by atoms with E-state index in [1.54, 1.807) is 13.2 Å². The van der Waals surface area contributed by atoms with Gasteiger partial charge < -0.3 is 13.7 Å². The molecule has 6 rings (SSSR count). The van der Waals surface area contributed by atoms with E-state index in [2.05, 4.69) is 29.0 Å². The van der Waals surface area contributed by atoms with Crippen molar-refractivity contribution in [3.63, 3.8) is 0 Å². The van der Waals surface area contributed by atoms with Crippen LogP contribution in [-0.2, 0) is 25.8 Å². The van der Waals surface area contributed by atoms with Crippen LogP contribution < -0.4 is 13.7 Å². The number of rotatable bonds is 4. The Labute approximate surface area is 196 Å². The zero-order valence-electron chi connectivity index (χ0n) is 18.6. The molecule has 3 aromatic rings. The molecule has 0 fully saturated rings. The third-order valence-electron chi connectivity index (χ3n) is 6.98. The Hall–Kier alpha value is -2.83. The van der Waals surface area contributed by atoms with E-state index >= 15 is 0 Å². The first-order valence-corrected chi connectivity index (χ1v) is 12.6. The average Bonchev–Trinajstić information content (AvgIpc) is 3.29. The topological polar surface area (TPSA) is 30.9 Å². The molecular weight excluding hydrogens is 437 g/mol. The highest BCUT2D eigenvalue weighted by atomic mass is 32.2. The molecular formula is C27H26FNO3S. The zero-order valence-corrected chi connectivity index (χ0v) is 19.4. The lowest BCUT2D eigenvalue weighted by atomic mass is 9.83. The van der Waals surface area contributed by atoms with Gasteiger partial charge in [0.05, 0.1) is 13.7 Å². The molecule has 0 saturated heterocycles. The second-order valence-corrected chi connectivity index (χ2v) is 10.1. The summed E-state index contributed by atoms with van der Waals surface area (Å²) in [6.07, 6.45) is 2.96. The van der Waals surface area contributed by atoms with Gasteiger partial charge in [0.2, 0.25) is 0 Å². The van der Waals surface area contributed by atoms with Gasteiger partial charge in [-0.2, -0.15) is 0 Å². The van der Waals surface area contributed by atoms with E-state index in [4.69, 9.17) is 13.7 Å². The number of methoxy groups -OCH3 is 1. The van der Waals surface area contributed by atoms with Crippen molar-refractivity contribution in [2.75, 3.05) is 20.3 Å². The van der Waals surface area contributed by atoms with E-state index in [1.807, 2.05) is 12.1 Å². The van der Waals surface area contributed by atoms with Crippen LogP contribution in [0.3, 0.4) is 0 Å². The minimum absolute atomic E-state index is 0.287.